The van der Waals surface area contributed by atoms with Crippen LogP contribution >= 0.6 is 34.7 Å². The van der Waals surface area contributed by atoms with E-state index in [9.17, 15) is 19.5 Å². The number of aliphatic carboxylic acids is 1. The molecule has 0 saturated carbocycles. The number of carboxylic acid groups (broad SMARTS) is 1. The molecule has 0 aliphatic carbocycles. The van der Waals surface area contributed by atoms with E-state index in [-0.39, 0.29) is 16.9 Å². The van der Waals surface area contributed by atoms with Crippen molar-refractivity contribution in [3.05, 3.63) is 27.9 Å². The highest BCUT2D eigenvalue weighted by Gasteiger charge is 2.64. The normalized spacial score (nSPS) is 28.3. The lowest BCUT2D eigenvalue weighted by Crippen LogP contribution is -2.70. The largest absolute Gasteiger partial charge is 0.480 e. The molecular formula is C15H15ClN2O4S2. The molecule has 6 nitrogen and oxygen atoms in total. The third-order valence-electron chi connectivity index (χ3n) is 4.10. The van der Waals surface area contributed by atoms with E-state index in [1.54, 1.807) is 26.0 Å². The van der Waals surface area contributed by atoms with Crippen LogP contribution in [0.5, 0.6) is 0 Å². The summed E-state index contributed by atoms with van der Waals surface area (Å²) in [6, 6.07) is 1.93. The highest BCUT2D eigenvalue weighted by Crippen LogP contribution is 2.50. The van der Waals surface area contributed by atoms with Crippen LogP contribution in [0.4, 0.5) is 0 Å². The Bertz CT molecular complexity index is 732. The highest BCUT2D eigenvalue weighted by atomic mass is 35.5. The van der Waals surface area contributed by atoms with Crippen LogP contribution in [-0.2, 0) is 14.4 Å². The van der Waals surface area contributed by atoms with Gasteiger partial charge in [-0.25, -0.2) is 4.79 Å². The Kier molecular flexibility index (Phi) is 4.39. The fourth-order valence-electron chi connectivity index (χ4n) is 3.01. The van der Waals surface area contributed by atoms with Crippen molar-refractivity contribution in [1.29, 1.82) is 0 Å². The summed E-state index contributed by atoms with van der Waals surface area (Å²) in [5.74, 6) is -1.85. The molecule has 2 saturated heterocycles. The zero-order valence-electron chi connectivity index (χ0n) is 12.9. The molecule has 3 heterocycles. The Hall–Kier alpha value is -1.51. The van der Waals surface area contributed by atoms with Gasteiger partial charge in [0.25, 0.3) is 5.91 Å². The lowest BCUT2D eigenvalue weighted by Gasteiger charge is -2.43. The van der Waals surface area contributed by atoms with E-state index >= 15 is 0 Å². The van der Waals surface area contributed by atoms with E-state index in [0.717, 1.165) is 0 Å². The van der Waals surface area contributed by atoms with Gasteiger partial charge in [0.2, 0.25) is 5.91 Å². The molecule has 9 heteroatoms. The number of carbonyl (C=O) groups excluding carboxylic acids is 2. The van der Waals surface area contributed by atoms with Gasteiger partial charge in [-0.2, -0.15) is 0 Å². The van der Waals surface area contributed by atoms with Gasteiger partial charge in [-0.1, -0.05) is 17.7 Å². The number of halogens is 1. The van der Waals surface area contributed by atoms with Crippen LogP contribution in [-0.4, -0.2) is 50.0 Å². The number of amides is 2. The van der Waals surface area contributed by atoms with Crippen molar-refractivity contribution in [2.75, 3.05) is 0 Å². The second kappa shape index (κ2) is 6.09. The van der Waals surface area contributed by atoms with Gasteiger partial charge in [0.15, 0.2) is 0 Å². The van der Waals surface area contributed by atoms with Crippen LogP contribution in [0, 0.1) is 0 Å². The Balaban J connectivity index is 1.76. The van der Waals surface area contributed by atoms with Gasteiger partial charge in [0.1, 0.15) is 17.5 Å². The van der Waals surface area contributed by atoms with Crippen LogP contribution in [0.15, 0.2) is 23.0 Å². The number of thiophene rings is 1. The number of thioether (sulfide) groups is 1. The molecule has 0 bridgehead atoms. The second-order valence-electron chi connectivity index (χ2n) is 6.05. The maximum absolute atomic E-state index is 12.4. The standard InChI is InChI=1S/C15H15ClN2O4S2/c1-15(2)10(14(21)22)18-12(20)9(13(18)24-15)17-11(19)7(6-16)8-4-3-5-23-8/h3-6,9-10,13H,1-2H3,(H,17,19)(H,21,22)/b7-6+/t9?,10-,13+/m0/s1. The zero-order valence-corrected chi connectivity index (χ0v) is 15.2. The van der Waals surface area contributed by atoms with Crippen LogP contribution < -0.4 is 5.32 Å². The lowest BCUT2D eigenvalue weighted by atomic mass is 9.96. The maximum atomic E-state index is 12.4. The van der Waals surface area contributed by atoms with Crippen LogP contribution in [0.2, 0.25) is 0 Å². The number of β-lactam (4-membered cyclic amide) rings is 1. The van der Waals surface area contributed by atoms with Crippen LogP contribution in [0.1, 0.15) is 18.7 Å². The maximum Gasteiger partial charge on any atom is 0.327 e. The van der Waals surface area contributed by atoms with Crippen molar-refractivity contribution >= 4 is 58.1 Å². The SMILES string of the molecule is CC1(C)S[C@@H]2C(NC(=O)/C(=C/Cl)c3cccs3)C(=O)N2[C@H]1C(=O)O. The van der Waals surface area contributed by atoms with Gasteiger partial charge in [0, 0.05) is 15.2 Å². The first-order valence-electron chi connectivity index (χ1n) is 7.16. The summed E-state index contributed by atoms with van der Waals surface area (Å²) in [7, 11) is 0. The first kappa shape index (κ1) is 17.3. The fourth-order valence-corrected chi connectivity index (χ4v) is 5.66. The molecule has 0 aromatic carbocycles. The highest BCUT2D eigenvalue weighted by molar-refractivity contribution is 8.01. The summed E-state index contributed by atoms with van der Waals surface area (Å²) in [5.41, 5.74) is 1.48. The van der Waals surface area contributed by atoms with Crippen molar-refractivity contribution in [3.63, 3.8) is 0 Å². The van der Waals surface area contributed by atoms with Crippen molar-refractivity contribution in [1.82, 2.24) is 10.2 Å². The molecule has 1 aromatic rings. The minimum absolute atomic E-state index is 0.287. The molecule has 2 aliphatic rings. The summed E-state index contributed by atoms with van der Waals surface area (Å²) in [6.45, 7) is 3.58. The molecule has 2 N–H and O–H groups in total. The Morgan fingerprint density at radius 1 is 1.46 bits per heavy atom. The summed E-state index contributed by atoms with van der Waals surface area (Å²) in [6.07, 6.45) is 0. The molecule has 2 aliphatic heterocycles. The molecule has 24 heavy (non-hydrogen) atoms. The van der Waals surface area contributed by atoms with E-state index in [2.05, 4.69) is 5.32 Å². The fraction of sp³-hybridized carbons (Fsp3) is 0.400. The zero-order chi connectivity index (χ0) is 17.6. The molecule has 128 valence electrons. The average molecular weight is 387 g/mol. The van der Waals surface area contributed by atoms with Crippen molar-refractivity contribution in [3.8, 4) is 0 Å². The van der Waals surface area contributed by atoms with E-state index in [1.807, 2.05) is 5.38 Å². The van der Waals surface area contributed by atoms with Gasteiger partial charge in [-0.05, 0) is 25.3 Å². The average Bonchev–Trinajstić information content (AvgIpc) is 3.10. The predicted octanol–water partition coefficient (Wildman–Crippen LogP) is 1.96. The summed E-state index contributed by atoms with van der Waals surface area (Å²) in [5, 5.41) is 13.5. The summed E-state index contributed by atoms with van der Waals surface area (Å²) < 4.78 is -0.620. The smallest absolute Gasteiger partial charge is 0.327 e. The van der Waals surface area contributed by atoms with Crippen molar-refractivity contribution in [2.24, 2.45) is 0 Å². The minimum atomic E-state index is -1.03. The second-order valence-corrected chi connectivity index (χ2v) is 8.99. The third kappa shape index (κ3) is 2.62. The number of nitrogens with zero attached hydrogens (tertiary/aromatic N) is 1. The van der Waals surface area contributed by atoms with Gasteiger partial charge >= 0.3 is 5.97 Å². The quantitative estimate of drug-likeness (QED) is 0.610. The minimum Gasteiger partial charge on any atom is -0.480 e. The number of rotatable bonds is 4. The van der Waals surface area contributed by atoms with Gasteiger partial charge in [-0.3, -0.25) is 9.59 Å². The summed E-state index contributed by atoms with van der Waals surface area (Å²) in [4.78, 5) is 38.3. The Morgan fingerprint density at radius 3 is 2.71 bits per heavy atom. The summed E-state index contributed by atoms with van der Waals surface area (Å²) >= 11 is 8.52. The number of nitrogens with one attached hydrogen (secondary N) is 1. The molecular weight excluding hydrogens is 372 g/mol. The topological polar surface area (TPSA) is 86.7 Å². The monoisotopic (exact) mass is 386 g/mol. The molecule has 3 rings (SSSR count). The molecule has 0 spiro atoms. The predicted molar refractivity (Wildman–Crippen MR) is 93.8 cm³/mol. The first-order chi connectivity index (χ1) is 11.3. The molecule has 0 radical (unpaired) electrons. The van der Waals surface area contributed by atoms with Gasteiger partial charge in [-0.15, -0.1) is 23.1 Å². The number of hydrogen-bond donors (Lipinski definition) is 2. The van der Waals surface area contributed by atoms with Gasteiger partial charge < -0.3 is 15.3 Å². The van der Waals surface area contributed by atoms with E-state index in [0.29, 0.717) is 4.88 Å². The van der Waals surface area contributed by atoms with Gasteiger partial charge in [0.05, 0.1) is 5.57 Å². The number of carbonyl (C=O) groups is 3. The molecule has 2 amide bonds. The number of fused-ring (bicyclic) bond motifs is 1. The first-order valence-corrected chi connectivity index (χ1v) is 9.35. The lowest BCUT2D eigenvalue weighted by molar-refractivity contribution is -0.160. The Labute approximate surface area is 151 Å². The molecule has 1 aromatic heterocycles. The third-order valence-corrected chi connectivity index (χ3v) is 6.79. The molecule has 1 unspecified atom stereocenters. The van der Waals surface area contributed by atoms with E-state index in [1.165, 1.54) is 33.5 Å². The van der Waals surface area contributed by atoms with E-state index in [4.69, 9.17) is 11.6 Å². The molecule has 3 atom stereocenters. The van der Waals surface area contributed by atoms with Crippen molar-refractivity contribution in [2.45, 2.75) is 36.1 Å². The number of hydrogen-bond acceptors (Lipinski definition) is 5. The van der Waals surface area contributed by atoms with Crippen molar-refractivity contribution < 1.29 is 19.5 Å². The van der Waals surface area contributed by atoms with E-state index < -0.39 is 28.7 Å². The molecule has 2 fully saturated rings. The van der Waals surface area contributed by atoms with Crippen LogP contribution in [0.3, 0.4) is 0 Å². The number of carboxylic acids is 1. The van der Waals surface area contributed by atoms with Crippen LogP contribution in [0.25, 0.3) is 5.57 Å². The Morgan fingerprint density at radius 2 is 2.17 bits per heavy atom.